The highest BCUT2D eigenvalue weighted by Crippen LogP contribution is 2.35. The van der Waals surface area contributed by atoms with Crippen molar-refractivity contribution in [3.63, 3.8) is 0 Å². The van der Waals surface area contributed by atoms with E-state index in [0.717, 1.165) is 12.2 Å². The molecule has 0 aromatic carbocycles. The summed E-state index contributed by atoms with van der Waals surface area (Å²) >= 11 is 0. The summed E-state index contributed by atoms with van der Waals surface area (Å²) in [6, 6.07) is 2.00. The number of carbonyl (C=O) groups excluding carboxylic acids is 2. The summed E-state index contributed by atoms with van der Waals surface area (Å²) in [5.74, 6) is 1.91. The van der Waals surface area contributed by atoms with Gasteiger partial charge >= 0.3 is 0 Å². The second kappa shape index (κ2) is 5.43. The highest BCUT2D eigenvalue weighted by Gasteiger charge is 2.48. The molecular formula is C16H23N3O3. The van der Waals surface area contributed by atoms with Gasteiger partial charge in [-0.2, -0.15) is 0 Å². The molecule has 2 aliphatic rings. The van der Waals surface area contributed by atoms with Crippen LogP contribution in [0.2, 0.25) is 0 Å². The fourth-order valence-corrected chi connectivity index (χ4v) is 3.87. The molecular weight excluding hydrogens is 282 g/mol. The third-order valence-electron chi connectivity index (χ3n) is 5.05. The van der Waals surface area contributed by atoms with Crippen molar-refractivity contribution in [3.05, 3.63) is 23.2 Å². The Balaban J connectivity index is 1.71. The van der Waals surface area contributed by atoms with Gasteiger partial charge in [-0.05, 0) is 39.3 Å². The van der Waals surface area contributed by atoms with E-state index in [2.05, 4.69) is 10.2 Å². The molecule has 0 radical (unpaired) electrons. The lowest BCUT2D eigenvalue weighted by molar-refractivity contribution is -0.125. The van der Waals surface area contributed by atoms with Gasteiger partial charge in [-0.1, -0.05) is 0 Å². The summed E-state index contributed by atoms with van der Waals surface area (Å²) in [6.07, 6.45) is 0.814. The number of furan rings is 1. The maximum absolute atomic E-state index is 12.7. The van der Waals surface area contributed by atoms with Crippen molar-refractivity contribution < 1.29 is 14.0 Å². The first-order valence-corrected chi connectivity index (χ1v) is 7.72. The second-order valence-corrected chi connectivity index (χ2v) is 6.40. The average molecular weight is 305 g/mol. The molecule has 0 spiro atoms. The van der Waals surface area contributed by atoms with Crippen LogP contribution in [0.15, 0.2) is 10.5 Å². The number of likely N-dealkylation sites (tertiary alicyclic amines) is 2. The number of nitrogens with zero attached hydrogens (tertiary/aromatic N) is 2. The number of carbonyl (C=O) groups is 2. The minimum Gasteiger partial charge on any atom is -0.466 e. The van der Waals surface area contributed by atoms with Gasteiger partial charge in [0.1, 0.15) is 11.5 Å². The Morgan fingerprint density at radius 1 is 1.32 bits per heavy atom. The largest absolute Gasteiger partial charge is 0.466 e. The number of rotatable bonds is 2. The molecule has 0 unspecified atom stereocenters. The van der Waals surface area contributed by atoms with Crippen LogP contribution in [0.1, 0.15) is 28.3 Å². The number of fused-ring (bicyclic) bond motifs is 1. The fourth-order valence-electron chi connectivity index (χ4n) is 3.87. The zero-order valence-electron chi connectivity index (χ0n) is 13.5. The number of amides is 2. The van der Waals surface area contributed by atoms with Crippen LogP contribution in [0, 0.1) is 19.8 Å². The standard InChI is InChI=1S/C16H23N3O3/c1-9-5-12(10(2)22-9)16(21)19-7-11-6-13(15(20)17-3)18(4)14(11)8-19/h5,11,13-14H,6-8H2,1-4H3,(H,17,20)/t11-,13+,14+/m0/s1. The van der Waals surface area contributed by atoms with E-state index in [1.165, 1.54) is 0 Å². The number of nitrogens with one attached hydrogen (secondary N) is 1. The van der Waals surface area contributed by atoms with Gasteiger partial charge < -0.3 is 14.6 Å². The molecule has 22 heavy (non-hydrogen) atoms. The lowest BCUT2D eigenvalue weighted by Gasteiger charge is -2.25. The summed E-state index contributed by atoms with van der Waals surface area (Å²) in [5.41, 5.74) is 0.656. The van der Waals surface area contributed by atoms with Crippen LogP contribution in [0.4, 0.5) is 0 Å². The molecule has 6 heteroatoms. The third-order valence-corrected chi connectivity index (χ3v) is 5.05. The van der Waals surface area contributed by atoms with Crippen LogP contribution in [0.3, 0.4) is 0 Å². The molecule has 0 aliphatic carbocycles. The van der Waals surface area contributed by atoms with Crippen molar-refractivity contribution in [1.29, 1.82) is 0 Å². The van der Waals surface area contributed by atoms with Crippen LogP contribution < -0.4 is 5.32 Å². The zero-order valence-corrected chi connectivity index (χ0v) is 13.5. The molecule has 1 N–H and O–H groups in total. The summed E-state index contributed by atoms with van der Waals surface area (Å²) in [4.78, 5) is 28.6. The van der Waals surface area contributed by atoms with Crippen LogP contribution in [0.5, 0.6) is 0 Å². The maximum Gasteiger partial charge on any atom is 0.257 e. The summed E-state index contributed by atoms with van der Waals surface area (Å²) in [6.45, 7) is 5.07. The number of likely N-dealkylation sites (N-methyl/N-ethyl adjacent to an activating group) is 2. The highest BCUT2D eigenvalue weighted by atomic mass is 16.3. The molecule has 2 saturated heterocycles. The van der Waals surface area contributed by atoms with Crippen molar-refractivity contribution in [1.82, 2.24) is 15.1 Å². The van der Waals surface area contributed by atoms with Gasteiger partial charge in [-0.25, -0.2) is 0 Å². The molecule has 6 nitrogen and oxygen atoms in total. The Bertz CT molecular complexity index is 610. The van der Waals surface area contributed by atoms with E-state index < -0.39 is 0 Å². The van der Waals surface area contributed by atoms with Gasteiger partial charge in [0.05, 0.1) is 11.6 Å². The molecule has 1 aromatic heterocycles. The molecule has 3 atom stereocenters. The van der Waals surface area contributed by atoms with Crippen LogP contribution >= 0.6 is 0 Å². The van der Waals surface area contributed by atoms with Crippen LogP contribution in [-0.4, -0.2) is 60.9 Å². The number of hydrogen-bond acceptors (Lipinski definition) is 4. The quantitative estimate of drug-likeness (QED) is 0.877. The van der Waals surface area contributed by atoms with Crippen molar-refractivity contribution in [2.45, 2.75) is 32.4 Å². The lowest BCUT2D eigenvalue weighted by Crippen LogP contribution is -2.45. The zero-order chi connectivity index (χ0) is 16.0. The van der Waals surface area contributed by atoms with Crippen LogP contribution in [0.25, 0.3) is 0 Å². The van der Waals surface area contributed by atoms with E-state index in [4.69, 9.17) is 4.42 Å². The van der Waals surface area contributed by atoms with Crippen LogP contribution in [-0.2, 0) is 4.79 Å². The van der Waals surface area contributed by atoms with E-state index in [1.54, 1.807) is 7.05 Å². The Morgan fingerprint density at radius 2 is 2.05 bits per heavy atom. The fraction of sp³-hybridized carbons (Fsp3) is 0.625. The lowest BCUT2D eigenvalue weighted by atomic mass is 10.0. The van der Waals surface area contributed by atoms with E-state index in [-0.39, 0.29) is 23.9 Å². The topological polar surface area (TPSA) is 65.8 Å². The third kappa shape index (κ3) is 2.31. The van der Waals surface area contributed by atoms with Crippen molar-refractivity contribution >= 4 is 11.8 Å². The first-order valence-electron chi connectivity index (χ1n) is 7.72. The van der Waals surface area contributed by atoms with E-state index in [9.17, 15) is 9.59 Å². The van der Waals surface area contributed by atoms with Gasteiger partial charge in [-0.3, -0.25) is 14.5 Å². The molecule has 3 rings (SSSR count). The molecule has 120 valence electrons. The van der Waals surface area contributed by atoms with Crippen molar-refractivity contribution in [3.8, 4) is 0 Å². The Morgan fingerprint density at radius 3 is 2.59 bits per heavy atom. The molecule has 2 aliphatic heterocycles. The first-order chi connectivity index (χ1) is 10.4. The number of hydrogen-bond donors (Lipinski definition) is 1. The minimum atomic E-state index is -0.0739. The summed E-state index contributed by atoms with van der Waals surface area (Å²) in [7, 11) is 3.65. The molecule has 2 fully saturated rings. The molecule has 0 saturated carbocycles. The summed E-state index contributed by atoms with van der Waals surface area (Å²) < 4.78 is 5.46. The SMILES string of the molecule is CNC(=O)[C@H]1C[C@H]2CN(C(=O)c3cc(C)oc3C)C[C@H]2N1C. The predicted molar refractivity (Wildman–Crippen MR) is 81.6 cm³/mol. The monoisotopic (exact) mass is 305 g/mol. The predicted octanol–water partition coefficient (Wildman–Crippen LogP) is 0.787. The number of aryl methyl sites for hydroxylation is 2. The van der Waals surface area contributed by atoms with Gasteiger partial charge in [0.25, 0.3) is 5.91 Å². The highest BCUT2D eigenvalue weighted by molar-refractivity contribution is 5.95. The first kappa shape index (κ1) is 15.1. The Kier molecular flexibility index (Phi) is 3.72. The summed E-state index contributed by atoms with van der Waals surface area (Å²) in [5, 5.41) is 2.72. The van der Waals surface area contributed by atoms with Gasteiger partial charge in [0, 0.05) is 26.2 Å². The Hall–Kier alpha value is -1.82. The smallest absolute Gasteiger partial charge is 0.257 e. The van der Waals surface area contributed by atoms with Gasteiger partial charge in [0.2, 0.25) is 5.91 Å². The second-order valence-electron chi connectivity index (χ2n) is 6.40. The van der Waals surface area contributed by atoms with Gasteiger partial charge in [-0.15, -0.1) is 0 Å². The molecule has 0 bridgehead atoms. The minimum absolute atomic E-state index is 0.0358. The molecule has 3 heterocycles. The van der Waals surface area contributed by atoms with Gasteiger partial charge in [0.15, 0.2) is 0 Å². The van der Waals surface area contributed by atoms with Crippen molar-refractivity contribution in [2.24, 2.45) is 5.92 Å². The van der Waals surface area contributed by atoms with E-state index in [0.29, 0.717) is 30.3 Å². The molecule has 2 amide bonds. The maximum atomic E-state index is 12.7. The molecule has 1 aromatic rings. The van der Waals surface area contributed by atoms with E-state index >= 15 is 0 Å². The average Bonchev–Trinajstić information content (AvgIpc) is 3.12. The normalized spacial score (nSPS) is 28.0. The Labute approximate surface area is 130 Å². The van der Waals surface area contributed by atoms with E-state index in [1.807, 2.05) is 31.9 Å². The van der Waals surface area contributed by atoms with Crippen molar-refractivity contribution in [2.75, 3.05) is 27.2 Å².